The van der Waals surface area contributed by atoms with E-state index in [0.29, 0.717) is 0 Å². The lowest BCUT2D eigenvalue weighted by Crippen LogP contribution is -2.02. The molecule has 0 saturated heterocycles. The zero-order valence-corrected chi connectivity index (χ0v) is 5.78. The topological polar surface area (TPSA) is 87.0 Å². The number of carboxylic acids is 1. The molecule has 0 unspecified atom stereocenters. The van der Waals surface area contributed by atoms with Crippen LogP contribution in [-0.2, 0) is 9.53 Å². The first kappa shape index (κ1) is 12.1. The first-order valence-corrected chi connectivity index (χ1v) is 2.61. The lowest BCUT2D eigenvalue weighted by atomic mass is 10.8. The summed E-state index contributed by atoms with van der Waals surface area (Å²) in [6.45, 7) is -0.458. The minimum absolute atomic E-state index is 0.125. The summed E-state index contributed by atoms with van der Waals surface area (Å²) < 4.78 is 4.20. The molecule has 0 aromatic rings. The number of aliphatic hydroxyl groups is 2. The lowest BCUT2D eigenvalue weighted by molar-refractivity contribution is -0.141. The van der Waals surface area contributed by atoms with Crippen LogP contribution in [0.4, 0.5) is 0 Å². The maximum atomic E-state index is 9.47. The predicted molar refractivity (Wildman–Crippen MR) is 33.7 cm³/mol. The van der Waals surface area contributed by atoms with Crippen LogP contribution in [0.3, 0.4) is 0 Å². The number of hydrogen-bond donors (Lipinski definition) is 3. The second-order valence-corrected chi connectivity index (χ2v) is 1.27. The molecule has 0 aliphatic heterocycles. The molecule has 0 atom stereocenters. The van der Waals surface area contributed by atoms with Gasteiger partial charge in [0.05, 0.1) is 13.2 Å². The number of methoxy groups -OCH3 is 1. The van der Waals surface area contributed by atoms with E-state index < -0.39 is 5.97 Å². The van der Waals surface area contributed by atoms with Crippen LogP contribution in [0.5, 0.6) is 0 Å². The van der Waals surface area contributed by atoms with E-state index in [-0.39, 0.29) is 19.8 Å². The Morgan fingerprint density at radius 3 is 1.80 bits per heavy atom. The molecule has 0 heterocycles. The van der Waals surface area contributed by atoms with Crippen molar-refractivity contribution in [2.45, 2.75) is 0 Å². The first-order valence-electron chi connectivity index (χ1n) is 2.61. The largest absolute Gasteiger partial charge is 0.480 e. The SMILES string of the molecule is COCC(=O)O.OCCO. The van der Waals surface area contributed by atoms with Gasteiger partial charge in [0.25, 0.3) is 0 Å². The fourth-order valence-corrected chi connectivity index (χ4v) is 0.123. The highest BCUT2D eigenvalue weighted by molar-refractivity contribution is 5.67. The average Bonchev–Trinajstić information content (AvgIpc) is 1.89. The Kier molecular flexibility index (Phi) is 13.5. The Balaban J connectivity index is 0. The molecular weight excluding hydrogens is 140 g/mol. The fraction of sp³-hybridized carbons (Fsp3) is 0.800. The summed E-state index contributed by atoms with van der Waals surface area (Å²) in [5, 5.41) is 23.0. The Bertz CT molecular complexity index is 70.4. The van der Waals surface area contributed by atoms with Crippen molar-refractivity contribution in [3.8, 4) is 0 Å². The molecule has 0 spiro atoms. The number of rotatable bonds is 3. The Hall–Kier alpha value is -0.650. The van der Waals surface area contributed by atoms with Crippen LogP contribution >= 0.6 is 0 Å². The van der Waals surface area contributed by atoms with Crippen LogP contribution in [-0.4, -0.2) is 48.2 Å². The van der Waals surface area contributed by atoms with Gasteiger partial charge in [0.1, 0.15) is 6.61 Å². The molecule has 3 N–H and O–H groups in total. The standard InChI is InChI=1S/C3H6O3.C2H6O2/c1-6-2-3(4)5;3-1-2-4/h2H2,1H3,(H,4,5);3-4H,1-2H2. The minimum Gasteiger partial charge on any atom is -0.480 e. The number of ether oxygens (including phenoxy) is 1. The van der Waals surface area contributed by atoms with Crippen LogP contribution in [0.25, 0.3) is 0 Å². The van der Waals surface area contributed by atoms with E-state index in [9.17, 15) is 4.79 Å². The van der Waals surface area contributed by atoms with Gasteiger partial charge >= 0.3 is 5.97 Å². The molecule has 0 bridgehead atoms. The summed E-state index contributed by atoms with van der Waals surface area (Å²) in [6, 6.07) is 0. The summed E-state index contributed by atoms with van der Waals surface area (Å²) in [7, 11) is 1.34. The molecule has 0 aromatic heterocycles. The maximum Gasteiger partial charge on any atom is 0.329 e. The first-order chi connectivity index (χ1) is 4.68. The fourth-order valence-electron chi connectivity index (χ4n) is 0.123. The molecule has 0 amide bonds. The quantitative estimate of drug-likeness (QED) is 0.467. The highest BCUT2D eigenvalue weighted by Gasteiger charge is 1.87. The van der Waals surface area contributed by atoms with Crippen molar-refractivity contribution in [3.63, 3.8) is 0 Å². The van der Waals surface area contributed by atoms with Gasteiger partial charge in [0.2, 0.25) is 0 Å². The van der Waals surface area contributed by atoms with Gasteiger partial charge in [-0.2, -0.15) is 0 Å². The third-order valence-corrected chi connectivity index (χ3v) is 0.368. The summed E-state index contributed by atoms with van der Waals surface area (Å²) in [5.41, 5.74) is 0. The van der Waals surface area contributed by atoms with Gasteiger partial charge in [-0.3, -0.25) is 0 Å². The lowest BCUT2D eigenvalue weighted by Gasteiger charge is -1.83. The second kappa shape index (κ2) is 11.2. The number of carbonyl (C=O) groups is 1. The van der Waals surface area contributed by atoms with Crippen molar-refractivity contribution in [1.29, 1.82) is 0 Å². The van der Waals surface area contributed by atoms with Gasteiger partial charge in [0, 0.05) is 7.11 Å². The van der Waals surface area contributed by atoms with E-state index in [2.05, 4.69) is 4.74 Å². The molecule has 0 saturated carbocycles. The zero-order chi connectivity index (χ0) is 8.41. The average molecular weight is 152 g/mol. The molecular formula is C5H12O5. The highest BCUT2D eigenvalue weighted by atomic mass is 16.5. The van der Waals surface area contributed by atoms with Crippen LogP contribution in [0.2, 0.25) is 0 Å². The molecule has 0 aliphatic rings. The van der Waals surface area contributed by atoms with Gasteiger partial charge in [0.15, 0.2) is 0 Å². The van der Waals surface area contributed by atoms with E-state index in [4.69, 9.17) is 15.3 Å². The minimum atomic E-state index is -0.933. The molecule has 0 radical (unpaired) electrons. The Labute approximate surface area is 58.9 Å². The van der Waals surface area contributed by atoms with Crippen molar-refractivity contribution in [2.75, 3.05) is 26.9 Å². The van der Waals surface area contributed by atoms with Crippen molar-refractivity contribution in [2.24, 2.45) is 0 Å². The number of hydrogen-bond acceptors (Lipinski definition) is 4. The van der Waals surface area contributed by atoms with E-state index in [1.807, 2.05) is 0 Å². The van der Waals surface area contributed by atoms with Crippen LogP contribution in [0, 0.1) is 0 Å². The summed E-state index contributed by atoms with van der Waals surface area (Å²) in [5.74, 6) is -0.933. The van der Waals surface area contributed by atoms with Gasteiger partial charge in [-0.05, 0) is 0 Å². The molecule has 0 rings (SSSR count). The van der Waals surface area contributed by atoms with E-state index >= 15 is 0 Å². The molecule has 0 fully saturated rings. The van der Waals surface area contributed by atoms with Crippen LogP contribution < -0.4 is 0 Å². The van der Waals surface area contributed by atoms with Gasteiger partial charge in [-0.1, -0.05) is 0 Å². The smallest absolute Gasteiger partial charge is 0.329 e. The van der Waals surface area contributed by atoms with Gasteiger partial charge < -0.3 is 20.1 Å². The number of carboxylic acid groups (broad SMARTS) is 1. The molecule has 10 heavy (non-hydrogen) atoms. The monoisotopic (exact) mass is 152 g/mol. The maximum absolute atomic E-state index is 9.47. The summed E-state index contributed by atoms with van der Waals surface area (Å²) in [4.78, 5) is 9.47. The molecule has 5 heteroatoms. The molecule has 62 valence electrons. The third-order valence-electron chi connectivity index (χ3n) is 0.368. The summed E-state index contributed by atoms with van der Waals surface area (Å²) >= 11 is 0. The Morgan fingerprint density at radius 2 is 1.80 bits per heavy atom. The van der Waals surface area contributed by atoms with Crippen molar-refractivity contribution in [3.05, 3.63) is 0 Å². The molecule has 0 aromatic carbocycles. The van der Waals surface area contributed by atoms with Crippen molar-refractivity contribution >= 4 is 5.97 Å². The van der Waals surface area contributed by atoms with Crippen molar-refractivity contribution < 1.29 is 24.9 Å². The van der Waals surface area contributed by atoms with E-state index in [1.54, 1.807) is 0 Å². The molecule has 5 nitrogen and oxygen atoms in total. The zero-order valence-electron chi connectivity index (χ0n) is 5.78. The van der Waals surface area contributed by atoms with Crippen LogP contribution in [0.15, 0.2) is 0 Å². The van der Waals surface area contributed by atoms with Crippen LogP contribution in [0.1, 0.15) is 0 Å². The number of aliphatic carboxylic acids is 1. The second-order valence-electron chi connectivity index (χ2n) is 1.27. The number of aliphatic hydroxyl groups excluding tert-OH is 2. The van der Waals surface area contributed by atoms with E-state index in [0.717, 1.165) is 0 Å². The third kappa shape index (κ3) is 26.4. The molecule has 0 aliphatic carbocycles. The predicted octanol–water partition coefficient (Wildman–Crippen LogP) is -1.31. The van der Waals surface area contributed by atoms with E-state index in [1.165, 1.54) is 7.11 Å². The normalized spacial score (nSPS) is 7.90. The Morgan fingerprint density at radius 1 is 1.40 bits per heavy atom. The van der Waals surface area contributed by atoms with Gasteiger partial charge in [-0.15, -0.1) is 0 Å². The van der Waals surface area contributed by atoms with Crippen molar-refractivity contribution in [1.82, 2.24) is 0 Å². The summed E-state index contributed by atoms with van der Waals surface area (Å²) in [6.07, 6.45) is 0. The van der Waals surface area contributed by atoms with Gasteiger partial charge in [-0.25, -0.2) is 4.79 Å². The highest BCUT2D eigenvalue weighted by Crippen LogP contribution is 1.61.